The number of hydrogen-bond acceptors (Lipinski definition) is 3. The predicted octanol–water partition coefficient (Wildman–Crippen LogP) is -0.362. The Morgan fingerprint density at radius 3 is 3.00 bits per heavy atom. The normalized spacial score (nSPS) is 40.0. The number of carboxylic acid groups (broad SMARTS) is 1. The van der Waals surface area contributed by atoms with Crippen molar-refractivity contribution >= 4 is 11.8 Å². The Balaban J connectivity index is 2.19. The summed E-state index contributed by atoms with van der Waals surface area (Å²) in [5.74, 6) is -0.740. The van der Waals surface area contributed by atoms with Gasteiger partial charge in [0, 0.05) is 12.3 Å². The van der Waals surface area contributed by atoms with Gasteiger partial charge in [0.05, 0.1) is 0 Å². The minimum Gasteiger partial charge on any atom is -0.480 e. The summed E-state index contributed by atoms with van der Waals surface area (Å²) >= 11 is 0. The molecule has 3 atom stereocenters. The zero-order valence-electron chi connectivity index (χ0n) is 6.62. The fourth-order valence-electron chi connectivity index (χ4n) is 2.27. The lowest BCUT2D eigenvalue weighted by Gasteiger charge is -2.11. The molecular formula is C8H11NO3. The highest BCUT2D eigenvalue weighted by atomic mass is 16.4. The van der Waals surface area contributed by atoms with E-state index in [1.807, 2.05) is 0 Å². The average molecular weight is 169 g/mol. The Hall–Kier alpha value is -0.900. The van der Waals surface area contributed by atoms with Crippen molar-refractivity contribution in [2.24, 2.45) is 11.8 Å². The zero-order chi connectivity index (χ0) is 8.72. The maximum atomic E-state index is 11.3. The Bertz CT molecular complexity index is 238. The van der Waals surface area contributed by atoms with Gasteiger partial charge in [-0.25, -0.2) is 0 Å². The minimum absolute atomic E-state index is 0.123. The highest BCUT2D eigenvalue weighted by Crippen LogP contribution is 2.34. The molecule has 1 saturated heterocycles. The molecule has 0 spiro atoms. The lowest BCUT2D eigenvalue weighted by Crippen LogP contribution is -2.38. The van der Waals surface area contributed by atoms with Gasteiger partial charge < -0.3 is 10.4 Å². The smallest absolute Gasteiger partial charge is 0.321 e. The highest BCUT2D eigenvalue weighted by molar-refractivity contribution is 5.90. The van der Waals surface area contributed by atoms with Crippen LogP contribution in [0.4, 0.5) is 0 Å². The van der Waals surface area contributed by atoms with E-state index in [2.05, 4.69) is 5.32 Å². The molecule has 1 heterocycles. The maximum Gasteiger partial charge on any atom is 0.321 e. The average Bonchev–Trinajstić information content (AvgIpc) is 2.53. The van der Waals surface area contributed by atoms with E-state index in [-0.39, 0.29) is 17.6 Å². The summed E-state index contributed by atoms with van der Waals surface area (Å²) < 4.78 is 0. The molecule has 1 aliphatic carbocycles. The van der Waals surface area contributed by atoms with Gasteiger partial charge in [0.1, 0.15) is 11.8 Å². The molecule has 4 heteroatoms. The molecule has 0 aromatic carbocycles. The van der Waals surface area contributed by atoms with Gasteiger partial charge in [0.15, 0.2) is 0 Å². The van der Waals surface area contributed by atoms with E-state index in [1.54, 1.807) is 0 Å². The number of Topliss-reactive ketones (excluding diaryl/α,β-unsaturated/α-hetero) is 1. The summed E-state index contributed by atoms with van der Waals surface area (Å²) in [7, 11) is 0. The van der Waals surface area contributed by atoms with E-state index in [0.717, 1.165) is 6.42 Å². The highest BCUT2D eigenvalue weighted by Gasteiger charge is 2.47. The molecule has 0 aromatic rings. The first kappa shape index (κ1) is 7.73. The van der Waals surface area contributed by atoms with E-state index in [1.165, 1.54) is 0 Å². The molecule has 12 heavy (non-hydrogen) atoms. The Kier molecular flexibility index (Phi) is 1.65. The van der Waals surface area contributed by atoms with E-state index >= 15 is 0 Å². The van der Waals surface area contributed by atoms with Crippen LogP contribution in [0.3, 0.4) is 0 Å². The number of carbonyl (C=O) groups is 2. The van der Waals surface area contributed by atoms with Gasteiger partial charge in [0.25, 0.3) is 0 Å². The van der Waals surface area contributed by atoms with Crippen LogP contribution in [-0.4, -0.2) is 29.4 Å². The standard InChI is InChI=1S/C8H11NO3/c10-5-2-1-4-3-9-7(6(4)5)8(11)12/h4,6-7,9H,1-3H2,(H,11,12). The number of carbonyl (C=O) groups excluding carboxylic acids is 1. The minimum atomic E-state index is -0.891. The van der Waals surface area contributed by atoms with Crippen LogP contribution >= 0.6 is 0 Å². The molecule has 2 N–H and O–H groups in total. The van der Waals surface area contributed by atoms with Gasteiger partial charge in [-0.05, 0) is 18.9 Å². The van der Waals surface area contributed by atoms with Gasteiger partial charge in [-0.3, -0.25) is 9.59 Å². The summed E-state index contributed by atoms with van der Waals surface area (Å²) in [6.07, 6.45) is 1.43. The van der Waals surface area contributed by atoms with Crippen molar-refractivity contribution < 1.29 is 14.7 Å². The van der Waals surface area contributed by atoms with Gasteiger partial charge in [-0.1, -0.05) is 0 Å². The number of nitrogens with one attached hydrogen (secondary N) is 1. The first-order valence-corrected chi connectivity index (χ1v) is 4.19. The largest absolute Gasteiger partial charge is 0.480 e. The van der Waals surface area contributed by atoms with E-state index in [9.17, 15) is 9.59 Å². The number of rotatable bonds is 1. The van der Waals surface area contributed by atoms with Crippen molar-refractivity contribution in [2.45, 2.75) is 18.9 Å². The lowest BCUT2D eigenvalue weighted by molar-refractivity contribution is -0.142. The molecule has 0 aromatic heterocycles. The van der Waals surface area contributed by atoms with Crippen LogP contribution in [0.2, 0.25) is 0 Å². The number of ketones is 1. The molecule has 0 amide bonds. The molecule has 2 rings (SSSR count). The molecule has 1 saturated carbocycles. The summed E-state index contributed by atoms with van der Waals surface area (Å²) in [5, 5.41) is 11.6. The summed E-state index contributed by atoms with van der Waals surface area (Å²) in [5.41, 5.74) is 0. The number of aliphatic carboxylic acids is 1. The third-order valence-corrected chi connectivity index (χ3v) is 2.87. The molecule has 66 valence electrons. The molecule has 2 fully saturated rings. The number of fused-ring (bicyclic) bond motifs is 1. The van der Waals surface area contributed by atoms with Crippen LogP contribution in [0.15, 0.2) is 0 Å². The molecular weight excluding hydrogens is 158 g/mol. The second-order valence-corrected chi connectivity index (χ2v) is 3.52. The zero-order valence-corrected chi connectivity index (χ0v) is 6.62. The molecule has 4 nitrogen and oxygen atoms in total. The fraction of sp³-hybridized carbons (Fsp3) is 0.750. The summed E-state index contributed by atoms with van der Waals surface area (Å²) in [4.78, 5) is 21.9. The van der Waals surface area contributed by atoms with Crippen LogP contribution in [0.1, 0.15) is 12.8 Å². The van der Waals surface area contributed by atoms with Gasteiger partial charge in [-0.15, -0.1) is 0 Å². The number of hydrogen-bond donors (Lipinski definition) is 2. The third-order valence-electron chi connectivity index (χ3n) is 2.87. The lowest BCUT2D eigenvalue weighted by atomic mass is 9.93. The van der Waals surface area contributed by atoms with Gasteiger partial charge >= 0.3 is 5.97 Å². The van der Waals surface area contributed by atoms with Crippen molar-refractivity contribution in [1.82, 2.24) is 5.32 Å². The third kappa shape index (κ3) is 0.948. The maximum absolute atomic E-state index is 11.3. The van der Waals surface area contributed by atoms with E-state index in [4.69, 9.17) is 5.11 Å². The Morgan fingerprint density at radius 1 is 1.58 bits per heavy atom. The monoisotopic (exact) mass is 169 g/mol. The summed E-state index contributed by atoms with van der Waals surface area (Å²) in [6.45, 7) is 0.688. The molecule has 2 aliphatic rings. The van der Waals surface area contributed by atoms with E-state index < -0.39 is 12.0 Å². The second kappa shape index (κ2) is 2.55. The number of carboxylic acids is 1. The van der Waals surface area contributed by atoms with Crippen molar-refractivity contribution in [2.75, 3.05) is 6.54 Å². The molecule has 1 aliphatic heterocycles. The first-order valence-electron chi connectivity index (χ1n) is 4.19. The Labute approximate surface area is 69.9 Å². The van der Waals surface area contributed by atoms with Crippen LogP contribution < -0.4 is 5.32 Å². The van der Waals surface area contributed by atoms with Gasteiger partial charge in [-0.2, -0.15) is 0 Å². The quantitative estimate of drug-likeness (QED) is 0.562. The summed E-state index contributed by atoms with van der Waals surface area (Å²) in [6, 6.07) is -0.620. The van der Waals surface area contributed by atoms with Crippen molar-refractivity contribution in [3.8, 4) is 0 Å². The van der Waals surface area contributed by atoms with Crippen molar-refractivity contribution in [3.63, 3.8) is 0 Å². The van der Waals surface area contributed by atoms with E-state index in [0.29, 0.717) is 13.0 Å². The Morgan fingerprint density at radius 2 is 2.33 bits per heavy atom. The topological polar surface area (TPSA) is 66.4 Å². The first-order chi connectivity index (χ1) is 5.70. The fourth-order valence-corrected chi connectivity index (χ4v) is 2.27. The van der Waals surface area contributed by atoms with Crippen LogP contribution in [0.25, 0.3) is 0 Å². The van der Waals surface area contributed by atoms with Crippen LogP contribution in [0, 0.1) is 11.8 Å². The van der Waals surface area contributed by atoms with Crippen LogP contribution in [0.5, 0.6) is 0 Å². The van der Waals surface area contributed by atoms with Crippen molar-refractivity contribution in [1.29, 1.82) is 0 Å². The SMILES string of the molecule is O=C(O)C1NCC2CCC(=O)C21. The molecule has 0 bridgehead atoms. The van der Waals surface area contributed by atoms with Crippen LogP contribution in [-0.2, 0) is 9.59 Å². The molecule has 0 radical (unpaired) electrons. The van der Waals surface area contributed by atoms with Gasteiger partial charge in [0.2, 0.25) is 0 Å². The second-order valence-electron chi connectivity index (χ2n) is 3.52. The van der Waals surface area contributed by atoms with Crippen molar-refractivity contribution in [3.05, 3.63) is 0 Å². The predicted molar refractivity (Wildman–Crippen MR) is 40.6 cm³/mol. The molecule has 3 unspecified atom stereocenters.